The van der Waals surface area contributed by atoms with Gasteiger partial charge in [0, 0.05) is 10.8 Å². The summed E-state index contributed by atoms with van der Waals surface area (Å²) in [5, 5.41) is 1.28. The first kappa shape index (κ1) is 12.7. The molecule has 3 aromatic rings. The zero-order valence-electron chi connectivity index (χ0n) is 10.5. The summed E-state index contributed by atoms with van der Waals surface area (Å²) in [6.45, 7) is 1.78. The van der Waals surface area contributed by atoms with E-state index in [-0.39, 0.29) is 11.0 Å². The molecule has 0 saturated heterocycles. The Kier molecular flexibility index (Phi) is 2.61. The molecule has 0 bridgehead atoms. The zero-order chi connectivity index (χ0) is 14.5. The molecule has 2 nitrogen and oxygen atoms in total. The summed E-state index contributed by atoms with van der Waals surface area (Å²) < 4.78 is 39.1. The van der Waals surface area contributed by atoms with Crippen LogP contribution in [0.15, 0.2) is 42.5 Å². The van der Waals surface area contributed by atoms with Gasteiger partial charge in [0.15, 0.2) is 0 Å². The van der Waals surface area contributed by atoms with Crippen molar-refractivity contribution in [3.8, 4) is 0 Å². The Balaban J connectivity index is 2.49. The average Bonchev–Trinajstić information content (AvgIpc) is 2.70. The van der Waals surface area contributed by atoms with Crippen LogP contribution in [0.3, 0.4) is 0 Å². The highest BCUT2D eigenvalue weighted by Gasteiger charge is 2.41. The first-order valence-electron chi connectivity index (χ1n) is 6.01. The molecule has 3 rings (SSSR count). The van der Waals surface area contributed by atoms with Crippen LogP contribution in [0.25, 0.3) is 21.8 Å². The number of benzene rings is 2. The molecule has 0 fully saturated rings. The fourth-order valence-electron chi connectivity index (χ4n) is 2.43. The number of carbonyl (C=O) groups is 1. The number of alkyl halides is 3. The fraction of sp³-hybridized carbons (Fsp3) is 0.133. The van der Waals surface area contributed by atoms with E-state index >= 15 is 0 Å². The van der Waals surface area contributed by atoms with Gasteiger partial charge in [0.05, 0.1) is 11.0 Å². The highest BCUT2D eigenvalue weighted by Crippen LogP contribution is 2.32. The van der Waals surface area contributed by atoms with Gasteiger partial charge in [-0.2, -0.15) is 13.2 Å². The highest BCUT2D eigenvalue weighted by molar-refractivity contribution is 6.14. The molecule has 0 spiro atoms. The first-order chi connectivity index (χ1) is 9.39. The summed E-state index contributed by atoms with van der Waals surface area (Å²) in [6, 6.07) is 11.8. The summed E-state index contributed by atoms with van der Waals surface area (Å²) in [4.78, 5) is 11.7. The van der Waals surface area contributed by atoms with Crippen LogP contribution in [-0.4, -0.2) is 16.7 Å². The second kappa shape index (κ2) is 4.10. The molecule has 0 aliphatic heterocycles. The maximum absolute atomic E-state index is 12.8. The van der Waals surface area contributed by atoms with Gasteiger partial charge in [-0.05, 0) is 24.6 Å². The van der Waals surface area contributed by atoms with Gasteiger partial charge in [-0.3, -0.25) is 9.36 Å². The number of rotatable bonds is 0. The summed E-state index contributed by atoms with van der Waals surface area (Å²) >= 11 is 0. The molecule has 0 N–H and O–H groups in total. The van der Waals surface area contributed by atoms with Gasteiger partial charge in [-0.25, -0.2) is 0 Å². The van der Waals surface area contributed by atoms with Crippen molar-refractivity contribution in [2.24, 2.45) is 0 Å². The molecule has 2 aromatic carbocycles. The Bertz CT molecular complexity index is 830. The lowest BCUT2D eigenvalue weighted by Gasteiger charge is -2.09. The third-order valence-electron chi connectivity index (χ3n) is 3.27. The van der Waals surface area contributed by atoms with E-state index in [0.29, 0.717) is 10.8 Å². The quantitative estimate of drug-likeness (QED) is 0.600. The van der Waals surface area contributed by atoms with Crippen LogP contribution in [0.2, 0.25) is 0 Å². The minimum atomic E-state index is -4.90. The van der Waals surface area contributed by atoms with Crippen molar-refractivity contribution in [1.82, 2.24) is 4.57 Å². The average molecular weight is 277 g/mol. The fourth-order valence-corrected chi connectivity index (χ4v) is 2.43. The van der Waals surface area contributed by atoms with Gasteiger partial charge < -0.3 is 0 Å². The second-order valence-electron chi connectivity index (χ2n) is 4.68. The lowest BCUT2D eigenvalue weighted by atomic mass is 10.1. The molecule has 0 atom stereocenters. The number of aryl methyl sites for hydroxylation is 1. The minimum Gasteiger partial charge on any atom is -0.272 e. The number of para-hydroxylation sites is 1. The largest absolute Gasteiger partial charge is 0.472 e. The number of aromatic nitrogens is 1. The molecule has 0 amide bonds. The smallest absolute Gasteiger partial charge is 0.272 e. The second-order valence-corrected chi connectivity index (χ2v) is 4.68. The standard InChI is InChI=1S/C15H10F3NO/c1-9-6-7-11-10-4-2-3-5-12(10)19(13(11)8-9)14(20)15(16,17)18/h2-8H,1H3. The minimum absolute atomic E-state index is 0.274. The van der Waals surface area contributed by atoms with Gasteiger partial charge >= 0.3 is 12.1 Å². The van der Waals surface area contributed by atoms with Crippen molar-refractivity contribution in [3.63, 3.8) is 0 Å². The Morgan fingerprint density at radius 2 is 1.65 bits per heavy atom. The summed E-state index contributed by atoms with van der Waals surface area (Å²) in [5.74, 6) is -1.87. The van der Waals surface area contributed by atoms with E-state index in [1.54, 1.807) is 37.3 Å². The van der Waals surface area contributed by atoms with E-state index in [1.807, 2.05) is 6.07 Å². The molecule has 1 aromatic heterocycles. The molecule has 0 unspecified atom stereocenters. The molecule has 0 radical (unpaired) electrons. The van der Waals surface area contributed by atoms with Gasteiger partial charge in [0.25, 0.3) is 0 Å². The predicted molar refractivity (Wildman–Crippen MR) is 70.9 cm³/mol. The van der Waals surface area contributed by atoms with Crippen LogP contribution >= 0.6 is 0 Å². The highest BCUT2D eigenvalue weighted by atomic mass is 19.4. The van der Waals surface area contributed by atoms with Gasteiger partial charge in [-0.15, -0.1) is 0 Å². The van der Waals surface area contributed by atoms with Crippen molar-refractivity contribution >= 4 is 27.7 Å². The Labute approximate surface area is 112 Å². The van der Waals surface area contributed by atoms with Crippen molar-refractivity contribution in [2.45, 2.75) is 13.1 Å². The van der Waals surface area contributed by atoms with E-state index in [9.17, 15) is 18.0 Å². The monoisotopic (exact) mass is 277 g/mol. The maximum Gasteiger partial charge on any atom is 0.472 e. The molecule has 0 saturated carbocycles. The van der Waals surface area contributed by atoms with E-state index < -0.39 is 12.1 Å². The number of hydrogen-bond donors (Lipinski definition) is 0. The normalized spacial score (nSPS) is 12.2. The van der Waals surface area contributed by atoms with E-state index in [0.717, 1.165) is 10.1 Å². The molecule has 102 valence electrons. The van der Waals surface area contributed by atoms with Crippen LogP contribution in [0.4, 0.5) is 13.2 Å². The Morgan fingerprint density at radius 1 is 1.00 bits per heavy atom. The zero-order valence-corrected chi connectivity index (χ0v) is 10.5. The van der Waals surface area contributed by atoms with Crippen LogP contribution in [0.1, 0.15) is 10.4 Å². The van der Waals surface area contributed by atoms with E-state index in [4.69, 9.17) is 0 Å². The lowest BCUT2D eigenvalue weighted by molar-refractivity contribution is -0.0939. The third kappa shape index (κ3) is 1.78. The van der Waals surface area contributed by atoms with Crippen LogP contribution in [-0.2, 0) is 0 Å². The number of hydrogen-bond acceptors (Lipinski definition) is 1. The predicted octanol–water partition coefficient (Wildman–Crippen LogP) is 4.31. The maximum atomic E-state index is 12.8. The van der Waals surface area contributed by atoms with Crippen LogP contribution in [0, 0.1) is 6.92 Å². The van der Waals surface area contributed by atoms with Crippen molar-refractivity contribution in [1.29, 1.82) is 0 Å². The first-order valence-corrected chi connectivity index (χ1v) is 6.01. The Morgan fingerprint density at radius 3 is 2.35 bits per heavy atom. The molecule has 0 aliphatic carbocycles. The topological polar surface area (TPSA) is 22.0 Å². The third-order valence-corrected chi connectivity index (χ3v) is 3.27. The SMILES string of the molecule is Cc1ccc2c3ccccc3n(C(=O)C(F)(F)F)c2c1. The summed E-state index contributed by atoms with van der Waals surface area (Å²) in [6.07, 6.45) is -4.90. The van der Waals surface area contributed by atoms with Gasteiger partial charge in [-0.1, -0.05) is 30.3 Å². The number of carbonyl (C=O) groups excluding carboxylic acids is 1. The Hall–Kier alpha value is -2.30. The molecule has 5 heteroatoms. The van der Waals surface area contributed by atoms with Crippen molar-refractivity contribution < 1.29 is 18.0 Å². The van der Waals surface area contributed by atoms with E-state index in [2.05, 4.69) is 0 Å². The molecule has 20 heavy (non-hydrogen) atoms. The lowest BCUT2D eigenvalue weighted by Crippen LogP contribution is -2.28. The molecular formula is C15H10F3NO. The number of halogens is 3. The molecule has 0 aliphatic rings. The van der Waals surface area contributed by atoms with Crippen molar-refractivity contribution in [2.75, 3.05) is 0 Å². The van der Waals surface area contributed by atoms with Crippen LogP contribution < -0.4 is 0 Å². The summed E-state index contributed by atoms with van der Waals surface area (Å²) in [7, 11) is 0. The van der Waals surface area contributed by atoms with Gasteiger partial charge in [0.2, 0.25) is 0 Å². The number of fused-ring (bicyclic) bond motifs is 3. The van der Waals surface area contributed by atoms with Crippen LogP contribution in [0.5, 0.6) is 0 Å². The summed E-state index contributed by atoms with van der Waals surface area (Å²) in [5.41, 5.74) is 1.36. The molecular weight excluding hydrogens is 267 g/mol. The van der Waals surface area contributed by atoms with Crippen molar-refractivity contribution in [3.05, 3.63) is 48.0 Å². The van der Waals surface area contributed by atoms with E-state index in [1.165, 1.54) is 6.07 Å². The van der Waals surface area contributed by atoms with Gasteiger partial charge in [0.1, 0.15) is 0 Å². The molecule has 1 heterocycles. The number of nitrogens with zero attached hydrogens (tertiary/aromatic N) is 1.